The van der Waals surface area contributed by atoms with Crippen molar-refractivity contribution in [2.75, 3.05) is 55.7 Å². The van der Waals surface area contributed by atoms with Crippen molar-refractivity contribution in [3.8, 4) is 0 Å². The van der Waals surface area contributed by atoms with Gasteiger partial charge >= 0.3 is 0 Å². The molecule has 0 aliphatic carbocycles. The average Bonchev–Trinajstić information content (AvgIpc) is 3.07. The Balaban J connectivity index is 1.42. The second-order valence-electron chi connectivity index (χ2n) is 7.41. The van der Waals surface area contributed by atoms with Gasteiger partial charge in [0.25, 0.3) is 0 Å². The second kappa shape index (κ2) is 7.88. The summed E-state index contributed by atoms with van der Waals surface area (Å²) in [4.78, 5) is 4.42. The third kappa shape index (κ3) is 3.81. The lowest BCUT2D eigenvalue weighted by atomic mass is 10.2. The predicted octanol–water partition coefficient (Wildman–Crippen LogP) is 0.817. The highest BCUT2D eigenvalue weighted by molar-refractivity contribution is 7.89. The minimum absolute atomic E-state index is 0.176. The summed E-state index contributed by atoms with van der Waals surface area (Å²) in [6, 6.07) is 4.18. The fourth-order valence-corrected chi connectivity index (χ4v) is 5.55. The van der Waals surface area contributed by atoms with Crippen LogP contribution in [0.3, 0.4) is 0 Å². The van der Waals surface area contributed by atoms with Gasteiger partial charge in [0.15, 0.2) is 17.4 Å². The normalized spacial score (nSPS) is 21.6. The van der Waals surface area contributed by atoms with Crippen LogP contribution in [0.5, 0.6) is 0 Å². The molecule has 0 radical (unpaired) electrons. The van der Waals surface area contributed by atoms with Crippen LogP contribution in [0.25, 0.3) is 0 Å². The van der Waals surface area contributed by atoms with Gasteiger partial charge in [-0.3, -0.25) is 0 Å². The Bertz CT molecular complexity index is 934. The van der Waals surface area contributed by atoms with Crippen LogP contribution in [0.15, 0.2) is 21.6 Å². The Hall–Kier alpha value is -2.24. The first kappa shape index (κ1) is 20.0. The van der Waals surface area contributed by atoms with E-state index < -0.39 is 10.0 Å². The van der Waals surface area contributed by atoms with Gasteiger partial charge in [0, 0.05) is 32.7 Å². The number of nitrogens with zero attached hydrogens (tertiary/aromatic N) is 6. The summed E-state index contributed by atoms with van der Waals surface area (Å²) in [5.41, 5.74) is 0.392. The Morgan fingerprint density at radius 1 is 1.03 bits per heavy atom. The van der Waals surface area contributed by atoms with Crippen molar-refractivity contribution in [1.29, 1.82) is 0 Å². The van der Waals surface area contributed by atoms with Gasteiger partial charge in [0.05, 0.1) is 19.3 Å². The van der Waals surface area contributed by atoms with Crippen molar-refractivity contribution in [2.24, 2.45) is 0 Å². The standard InChI is InChI=1S/C18H26N6O4S/c1-13-12-27-11-10-24(13)17-5-4-16(19-20-17)22-6-8-23(9-7-22)29(25,26)18-14(2)21-28-15(18)3/h4-5,13H,6-12H2,1-3H3/t13-/m0/s1. The van der Waals surface area contributed by atoms with Gasteiger partial charge < -0.3 is 19.1 Å². The highest BCUT2D eigenvalue weighted by Crippen LogP contribution is 2.25. The lowest BCUT2D eigenvalue weighted by Gasteiger charge is -2.35. The Labute approximate surface area is 170 Å². The molecule has 0 bridgehead atoms. The lowest BCUT2D eigenvalue weighted by molar-refractivity contribution is 0.0984. The molecule has 2 fully saturated rings. The molecule has 158 valence electrons. The smallest absolute Gasteiger partial charge is 0.248 e. The number of hydrogen-bond donors (Lipinski definition) is 0. The molecule has 2 aromatic rings. The van der Waals surface area contributed by atoms with Crippen LogP contribution in [0.4, 0.5) is 11.6 Å². The number of morpholine rings is 1. The molecule has 2 saturated heterocycles. The summed E-state index contributed by atoms with van der Waals surface area (Å²) in [5.74, 6) is 1.91. The van der Waals surface area contributed by atoms with Gasteiger partial charge in [0.2, 0.25) is 10.0 Å². The van der Waals surface area contributed by atoms with Crippen LogP contribution < -0.4 is 9.80 Å². The van der Waals surface area contributed by atoms with Crippen molar-refractivity contribution in [1.82, 2.24) is 19.7 Å². The summed E-state index contributed by atoms with van der Waals surface area (Å²) in [7, 11) is -3.62. The zero-order chi connectivity index (χ0) is 20.6. The van der Waals surface area contributed by atoms with Gasteiger partial charge in [-0.15, -0.1) is 10.2 Å². The van der Waals surface area contributed by atoms with Crippen LogP contribution in [-0.2, 0) is 14.8 Å². The largest absolute Gasteiger partial charge is 0.377 e. The molecule has 0 saturated carbocycles. The molecule has 11 heteroatoms. The number of hydrogen-bond acceptors (Lipinski definition) is 9. The molecule has 2 aromatic heterocycles. The van der Waals surface area contributed by atoms with Gasteiger partial charge in [-0.2, -0.15) is 4.31 Å². The first-order chi connectivity index (χ1) is 13.9. The molecule has 0 aromatic carbocycles. The van der Waals surface area contributed by atoms with Crippen molar-refractivity contribution >= 4 is 21.7 Å². The molecule has 0 spiro atoms. The van der Waals surface area contributed by atoms with Crippen molar-refractivity contribution < 1.29 is 17.7 Å². The van der Waals surface area contributed by atoms with Crippen LogP contribution in [0.2, 0.25) is 0 Å². The van der Waals surface area contributed by atoms with E-state index in [-0.39, 0.29) is 10.9 Å². The Kier molecular flexibility index (Phi) is 5.45. The molecule has 4 heterocycles. The molecule has 2 aliphatic rings. The highest BCUT2D eigenvalue weighted by Gasteiger charge is 2.33. The average molecular weight is 423 g/mol. The van der Waals surface area contributed by atoms with E-state index in [2.05, 4.69) is 32.1 Å². The first-order valence-corrected chi connectivity index (χ1v) is 11.2. The number of ether oxygens (including phenoxy) is 1. The summed E-state index contributed by atoms with van der Waals surface area (Å²) in [6.45, 7) is 9.38. The monoisotopic (exact) mass is 422 g/mol. The molecule has 0 N–H and O–H groups in total. The van der Waals surface area contributed by atoms with Crippen LogP contribution in [-0.4, -0.2) is 80.1 Å². The van der Waals surface area contributed by atoms with E-state index in [0.717, 1.165) is 18.2 Å². The minimum atomic E-state index is -3.62. The third-order valence-corrected chi connectivity index (χ3v) is 7.57. The zero-order valence-electron chi connectivity index (χ0n) is 16.9. The third-order valence-electron chi connectivity index (χ3n) is 5.43. The molecule has 2 aliphatic heterocycles. The molecule has 4 rings (SSSR count). The SMILES string of the molecule is Cc1noc(C)c1S(=O)(=O)N1CCN(c2ccc(N3CCOC[C@@H]3C)nn2)CC1. The highest BCUT2D eigenvalue weighted by atomic mass is 32.2. The number of rotatable bonds is 4. The van der Waals surface area contributed by atoms with E-state index in [0.29, 0.717) is 50.8 Å². The topological polar surface area (TPSA) is 105 Å². The number of sulfonamides is 1. The van der Waals surface area contributed by atoms with Crippen molar-refractivity contribution in [3.05, 3.63) is 23.6 Å². The van der Waals surface area contributed by atoms with E-state index >= 15 is 0 Å². The molecular weight excluding hydrogens is 396 g/mol. The second-order valence-corrected chi connectivity index (χ2v) is 9.29. The molecule has 0 unspecified atom stereocenters. The molecule has 1 atom stereocenters. The van der Waals surface area contributed by atoms with Gasteiger partial charge in [-0.1, -0.05) is 5.16 Å². The van der Waals surface area contributed by atoms with E-state index in [9.17, 15) is 8.42 Å². The summed E-state index contributed by atoms with van der Waals surface area (Å²) < 4.78 is 37.9. The first-order valence-electron chi connectivity index (χ1n) is 9.74. The fraction of sp³-hybridized carbons (Fsp3) is 0.611. The van der Waals surface area contributed by atoms with E-state index in [1.165, 1.54) is 4.31 Å². The maximum atomic E-state index is 12.9. The number of aromatic nitrogens is 3. The molecule has 10 nitrogen and oxygen atoms in total. The summed E-state index contributed by atoms with van der Waals surface area (Å²) >= 11 is 0. The summed E-state index contributed by atoms with van der Waals surface area (Å²) in [6.07, 6.45) is 0. The number of piperazine rings is 1. The molecule has 0 amide bonds. The summed E-state index contributed by atoms with van der Waals surface area (Å²) in [5, 5.41) is 12.5. The van der Waals surface area contributed by atoms with Crippen LogP contribution in [0, 0.1) is 13.8 Å². The quantitative estimate of drug-likeness (QED) is 0.708. The van der Waals surface area contributed by atoms with Crippen molar-refractivity contribution in [2.45, 2.75) is 31.7 Å². The fourth-order valence-electron chi connectivity index (χ4n) is 3.84. The predicted molar refractivity (Wildman–Crippen MR) is 107 cm³/mol. The molecule has 29 heavy (non-hydrogen) atoms. The van der Waals surface area contributed by atoms with Gasteiger partial charge in [-0.05, 0) is 32.9 Å². The lowest BCUT2D eigenvalue weighted by Crippen LogP contribution is -2.49. The van der Waals surface area contributed by atoms with Crippen molar-refractivity contribution in [3.63, 3.8) is 0 Å². The van der Waals surface area contributed by atoms with E-state index in [1.807, 2.05) is 12.1 Å². The maximum absolute atomic E-state index is 12.9. The van der Waals surface area contributed by atoms with E-state index in [4.69, 9.17) is 9.26 Å². The molecular formula is C18H26N6O4S. The number of anilines is 2. The number of aryl methyl sites for hydroxylation is 2. The van der Waals surface area contributed by atoms with Gasteiger partial charge in [0.1, 0.15) is 10.6 Å². The zero-order valence-corrected chi connectivity index (χ0v) is 17.7. The Morgan fingerprint density at radius 3 is 2.31 bits per heavy atom. The maximum Gasteiger partial charge on any atom is 0.248 e. The van der Waals surface area contributed by atoms with E-state index in [1.54, 1.807) is 13.8 Å². The van der Waals surface area contributed by atoms with Gasteiger partial charge in [-0.25, -0.2) is 8.42 Å². The minimum Gasteiger partial charge on any atom is -0.377 e. The van der Waals surface area contributed by atoms with Crippen LogP contribution >= 0.6 is 0 Å². The Morgan fingerprint density at radius 2 is 1.72 bits per heavy atom. The van der Waals surface area contributed by atoms with Crippen LogP contribution in [0.1, 0.15) is 18.4 Å².